The van der Waals surface area contributed by atoms with Crippen LogP contribution in [-0.4, -0.2) is 45.7 Å². The average Bonchev–Trinajstić information content (AvgIpc) is 3.00. The molecular weight excluding hydrogens is 484 g/mol. The van der Waals surface area contributed by atoms with Crippen molar-refractivity contribution in [2.45, 2.75) is 37.0 Å². The van der Waals surface area contributed by atoms with E-state index in [4.69, 9.17) is 17.3 Å². The van der Waals surface area contributed by atoms with Gasteiger partial charge in [-0.15, -0.1) is 0 Å². The second-order valence-electron chi connectivity index (χ2n) is 7.83. The fourth-order valence-electron chi connectivity index (χ4n) is 4.33. The van der Waals surface area contributed by atoms with E-state index in [1.807, 2.05) is 5.32 Å². The van der Waals surface area contributed by atoms with Gasteiger partial charge in [0.1, 0.15) is 17.8 Å². The maximum atomic E-state index is 14.7. The number of nitrogens with zero attached hydrogens (tertiary/aromatic N) is 2. The number of primary amides is 1. The monoisotopic (exact) mass is 498 g/mol. The molecular formula is C21H15ClF4N4O4. The van der Waals surface area contributed by atoms with Crippen molar-refractivity contribution >= 4 is 35.2 Å². The molecule has 4 rings (SSSR count). The Labute approximate surface area is 194 Å². The predicted molar refractivity (Wildman–Crippen MR) is 108 cm³/mol. The highest BCUT2D eigenvalue weighted by atomic mass is 35.5. The molecule has 178 valence electrons. The number of nitrogens with two attached hydrogens (primary N) is 1. The number of pyridine rings is 1. The van der Waals surface area contributed by atoms with Crippen LogP contribution < -0.4 is 11.1 Å². The molecule has 1 fully saturated rings. The van der Waals surface area contributed by atoms with Crippen molar-refractivity contribution in [3.8, 4) is 0 Å². The first-order valence-corrected chi connectivity index (χ1v) is 10.3. The summed E-state index contributed by atoms with van der Waals surface area (Å²) in [5.74, 6) is -7.63. The second kappa shape index (κ2) is 8.35. The van der Waals surface area contributed by atoms with Crippen molar-refractivity contribution in [1.29, 1.82) is 0 Å². The van der Waals surface area contributed by atoms with Crippen LogP contribution in [0, 0.1) is 5.82 Å². The van der Waals surface area contributed by atoms with Crippen LogP contribution in [0.4, 0.5) is 17.6 Å². The molecule has 0 saturated carbocycles. The molecule has 2 unspecified atom stereocenters. The Morgan fingerprint density at radius 3 is 2.53 bits per heavy atom. The summed E-state index contributed by atoms with van der Waals surface area (Å²) in [6.45, 7) is 0. The van der Waals surface area contributed by atoms with E-state index in [2.05, 4.69) is 4.98 Å². The number of carbonyl (C=O) groups excluding carboxylic acids is 4. The number of hydrogen-bond donors (Lipinski definition) is 2. The normalized spacial score (nSPS) is 21.3. The summed E-state index contributed by atoms with van der Waals surface area (Å²) < 4.78 is 58.2. The number of nitrogens with one attached hydrogen (secondary N) is 1. The van der Waals surface area contributed by atoms with E-state index in [1.54, 1.807) is 0 Å². The highest BCUT2D eigenvalue weighted by Crippen LogP contribution is 2.52. The van der Waals surface area contributed by atoms with E-state index in [1.165, 1.54) is 0 Å². The lowest BCUT2D eigenvalue weighted by Crippen LogP contribution is -2.55. The maximum absolute atomic E-state index is 14.7. The first-order valence-electron chi connectivity index (χ1n) is 9.88. The van der Waals surface area contributed by atoms with Gasteiger partial charge >= 0.3 is 6.18 Å². The van der Waals surface area contributed by atoms with Gasteiger partial charge in [0.15, 0.2) is 0 Å². The summed E-state index contributed by atoms with van der Waals surface area (Å²) in [5, 5.41) is 1.76. The van der Waals surface area contributed by atoms with Crippen LogP contribution in [0.25, 0.3) is 0 Å². The van der Waals surface area contributed by atoms with Crippen LogP contribution in [0.2, 0.25) is 5.02 Å². The number of hydrogen-bond acceptors (Lipinski definition) is 5. The van der Waals surface area contributed by atoms with Crippen LogP contribution in [0.1, 0.15) is 56.8 Å². The van der Waals surface area contributed by atoms with Crippen molar-refractivity contribution < 1.29 is 36.7 Å². The lowest BCUT2D eigenvalue weighted by molar-refractivity contribution is -0.168. The molecule has 0 aliphatic carbocycles. The summed E-state index contributed by atoms with van der Waals surface area (Å²) in [6, 6.07) is 0.507. The number of benzene rings is 1. The molecule has 8 nitrogen and oxygen atoms in total. The molecule has 2 aliphatic rings. The summed E-state index contributed by atoms with van der Waals surface area (Å²) in [5.41, 5.74) is 3.54. The molecule has 0 bridgehead atoms. The second-order valence-corrected chi connectivity index (χ2v) is 8.27. The Kier molecular flexibility index (Phi) is 5.80. The van der Waals surface area contributed by atoms with Gasteiger partial charge in [-0.1, -0.05) is 11.6 Å². The molecule has 0 spiro atoms. The van der Waals surface area contributed by atoms with E-state index in [9.17, 15) is 36.7 Å². The van der Waals surface area contributed by atoms with Crippen LogP contribution in [-0.2, 0) is 9.59 Å². The quantitative estimate of drug-likeness (QED) is 0.495. The highest BCUT2D eigenvalue weighted by Gasteiger charge is 2.57. The molecule has 34 heavy (non-hydrogen) atoms. The molecule has 1 aromatic carbocycles. The highest BCUT2D eigenvalue weighted by molar-refractivity contribution is 6.30. The van der Waals surface area contributed by atoms with E-state index in [0.29, 0.717) is 11.0 Å². The van der Waals surface area contributed by atoms with E-state index >= 15 is 0 Å². The molecule has 1 aromatic heterocycles. The molecule has 3 N–H and O–H groups in total. The minimum absolute atomic E-state index is 0.188. The number of alkyl halides is 3. The van der Waals surface area contributed by atoms with Gasteiger partial charge in [0.2, 0.25) is 17.7 Å². The first-order chi connectivity index (χ1) is 15.9. The third-order valence-electron chi connectivity index (χ3n) is 5.76. The molecule has 1 saturated heterocycles. The SMILES string of the molecule is NC(=O)c1ccc2c(c1)C([C@H](c1ncc(Cl)cc1F)C(F)(F)F)N(C1CCC(=O)NC1=O)C2=O. The molecule has 2 aliphatic heterocycles. The zero-order chi connectivity index (χ0) is 24.9. The van der Waals surface area contributed by atoms with Gasteiger partial charge in [-0.25, -0.2) is 4.39 Å². The van der Waals surface area contributed by atoms with Crippen LogP contribution in [0.3, 0.4) is 0 Å². The van der Waals surface area contributed by atoms with Gasteiger partial charge in [0, 0.05) is 23.7 Å². The number of imide groups is 1. The number of halogens is 5. The fourth-order valence-corrected chi connectivity index (χ4v) is 4.48. The molecule has 3 heterocycles. The summed E-state index contributed by atoms with van der Waals surface area (Å²) in [4.78, 5) is 53.3. The largest absolute Gasteiger partial charge is 0.399 e. The zero-order valence-electron chi connectivity index (χ0n) is 17.0. The number of amides is 4. The van der Waals surface area contributed by atoms with Crippen molar-refractivity contribution in [3.63, 3.8) is 0 Å². The van der Waals surface area contributed by atoms with Gasteiger partial charge in [0.05, 0.1) is 16.8 Å². The number of aromatic nitrogens is 1. The van der Waals surface area contributed by atoms with Crippen LogP contribution in [0.5, 0.6) is 0 Å². The van der Waals surface area contributed by atoms with Crippen LogP contribution >= 0.6 is 11.6 Å². The Morgan fingerprint density at radius 2 is 1.94 bits per heavy atom. The van der Waals surface area contributed by atoms with Crippen molar-refractivity contribution in [2.75, 3.05) is 0 Å². The Hall–Kier alpha value is -3.54. The first kappa shape index (κ1) is 23.6. The number of rotatable bonds is 4. The van der Waals surface area contributed by atoms with Gasteiger partial charge in [-0.05, 0) is 36.2 Å². The van der Waals surface area contributed by atoms with Crippen molar-refractivity contribution in [1.82, 2.24) is 15.2 Å². The van der Waals surface area contributed by atoms with Gasteiger partial charge in [-0.3, -0.25) is 29.5 Å². The van der Waals surface area contributed by atoms with Gasteiger partial charge < -0.3 is 10.6 Å². The maximum Gasteiger partial charge on any atom is 0.399 e. The van der Waals surface area contributed by atoms with Gasteiger partial charge in [0.25, 0.3) is 5.91 Å². The Balaban J connectivity index is 1.96. The summed E-state index contributed by atoms with van der Waals surface area (Å²) in [7, 11) is 0. The standard InChI is InChI=1S/C21H15ClF4N4O4/c22-9-6-12(23)16(28-7-9)15(21(24,25)26)17-11-5-8(18(27)32)1-2-10(11)20(34)30(17)13-3-4-14(31)29-19(13)33/h1-2,5-7,13,15,17H,3-4H2,(H2,27,32)(H,29,31,33)/t13?,15-,17?/m0/s1. The number of piperidine rings is 1. The summed E-state index contributed by atoms with van der Waals surface area (Å²) in [6.07, 6.45) is -4.80. The molecule has 4 amide bonds. The smallest absolute Gasteiger partial charge is 0.366 e. The Morgan fingerprint density at radius 1 is 1.24 bits per heavy atom. The predicted octanol–water partition coefficient (Wildman–Crippen LogP) is 2.62. The lowest BCUT2D eigenvalue weighted by atomic mass is 9.87. The lowest BCUT2D eigenvalue weighted by Gasteiger charge is -2.38. The van der Waals surface area contributed by atoms with E-state index < -0.39 is 59.3 Å². The van der Waals surface area contributed by atoms with Crippen LogP contribution in [0.15, 0.2) is 30.5 Å². The third-order valence-corrected chi connectivity index (χ3v) is 5.97. The van der Waals surface area contributed by atoms with E-state index in [0.717, 1.165) is 24.4 Å². The van der Waals surface area contributed by atoms with Gasteiger partial charge in [-0.2, -0.15) is 13.2 Å². The molecule has 0 radical (unpaired) electrons. The topological polar surface area (TPSA) is 122 Å². The number of carbonyl (C=O) groups is 4. The van der Waals surface area contributed by atoms with E-state index in [-0.39, 0.29) is 34.6 Å². The molecule has 3 atom stereocenters. The zero-order valence-corrected chi connectivity index (χ0v) is 17.8. The Bertz CT molecular complexity index is 1240. The molecule has 2 aromatic rings. The van der Waals surface area contributed by atoms with Crippen molar-refractivity contribution in [3.05, 3.63) is 63.7 Å². The third kappa shape index (κ3) is 3.98. The minimum atomic E-state index is -5.16. The fraction of sp³-hybridized carbons (Fsp3) is 0.286. The minimum Gasteiger partial charge on any atom is -0.366 e. The summed E-state index contributed by atoms with van der Waals surface area (Å²) >= 11 is 5.65. The molecule has 13 heteroatoms. The number of fused-ring (bicyclic) bond motifs is 1. The van der Waals surface area contributed by atoms with Crippen molar-refractivity contribution in [2.24, 2.45) is 5.73 Å². The average molecular weight is 499 g/mol.